The number of hydrogen-bond donors (Lipinski definition) is 1. The van der Waals surface area contributed by atoms with E-state index in [-0.39, 0.29) is 11.3 Å². The van der Waals surface area contributed by atoms with Gasteiger partial charge in [0, 0.05) is 37.0 Å². The molecule has 0 fully saturated rings. The lowest BCUT2D eigenvalue weighted by Crippen LogP contribution is -2.18. The second kappa shape index (κ2) is 6.27. The number of aromatic nitrogens is 4. The molecule has 0 aliphatic heterocycles. The Labute approximate surface area is 147 Å². The first kappa shape index (κ1) is 17.1. The fraction of sp³-hybridized carbons (Fsp3) is 0.368. The molecule has 0 spiro atoms. The number of anilines is 1. The van der Waals surface area contributed by atoms with E-state index in [1.54, 1.807) is 12.4 Å². The van der Waals surface area contributed by atoms with E-state index in [2.05, 4.69) is 31.8 Å². The number of aryl methyl sites for hydroxylation is 2. The fourth-order valence-electron chi connectivity index (χ4n) is 2.68. The molecule has 0 aliphatic carbocycles. The van der Waals surface area contributed by atoms with Crippen LogP contribution in [-0.4, -0.2) is 25.4 Å². The number of benzene rings is 1. The lowest BCUT2D eigenvalue weighted by molar-refractivity contribution is 0.102. The van der Waals surface area contributed by atoms with Crippen molar-refractivity contribution in [1.29, 1.82) is 0 Å². The molecule has 1 amide bonds. The molecule has 2 aromatic heterocycles. The lowest BCUT2D eigenvalue weighted by Gasteiger charge is -2.16. The molecule has 3 aromatic rings. The standard InChI is InChI=1S/C19H23N5O/c1-6-16-23-14-9-13(7-8-15(14)24(16)5)22-17(25)12-10-20-18(21-11-12)19(2,3)4/h7-11H,6H2,1-5H3,(H,22,25). The monoisotopic (exact) mass is 337 g/mol. The van der Waals surface area contributed by atoms with Crippen LogP contribution in [0.3, 0.4) is 0 Å². The number of fused-ring (bicyclic) bond motifs is 1. The fourth-order valence-corrected chi connectivity index (χ4v) is 2.68. The van der Waals surface area contributed by atoms with Crippen molar-refractivity contribution in [2.45, 2.75) is 39.5 Å². The molecule has 1 aromatic carbocycles. The van der Waals surface area contributed by atoms with Gasteiger partial charge in [0.15, 0.2) is 0 Å². The maximum atomic E-state index is 12.4. The summed E-state index contributed by atoms with van der Waals surface area (Å²) in [5.41, 5.74) is 2.92. The first-order valence-corrected chi connectivity index (χ1v) is 8.39. The van der Waals surface area contributed by atoms with Crippen molar-refractivity contribution in [2.24, 2.45) is 7.05 Å². The average Bonchev–Trinajstić information content (AvgIpc) is 2.89. The highest BCUT2D eigenvalue weighted by molar-refractivity contribution is 6.04. The summed E-state index contributed by atoms with van der Waals surface area (Å²) >= 11 is 0. The van der Waals surface area contributed by atoms with Gasteiger partial charge in [0.25, 0.3) is 5.91 Å². The molecule has 3 rings (SSSR count). The highest BCUT2D eigenvalue weighted by Crippen LogP contribution is 2.21. The first-order chi connectivity index (χ1) is 11.8. The van der Waals surface area contributed by atoms with E-state index in [1.807, 2.05) is 46.0 Å². The minimum atomic E-state index is -0.230. The van der Waals surface area contributed by atoms with E-state index >= 15 is 0 Å². The van der Waals surface area contributed by atoms with Gasteiger partial charge in [-0.25, -0.2) is 15.0 Å². The molecule has 25 heavy (non-hydrogen) atoms. The van der Waals surface area contributed by atoms with E-state index in [0.717, 1.165) is 23.3 Å². The van der Waals surface area contributed by atoms with E-state index in [0.29, 0.717) is 17.1 Å². The number of nitrogens with zero attached hydrogens (tertiary/aromatic N) is 4. The summed E-state index contributed by atoms with van der Waals surface area (Å²) in [5, 5.41) is 2.89. The van der Waals surface area contributed by atoms with Gasteiger partial charge in [0.2, 0.25) is 0 Å². The predicted octanol–water partition coefficient (Wildman–Crippen LogP) is 3.48. The van der Waals surface area contributed by atoms with Crippen molar-refractivity contribution in [3.05, 3.63) is 47.8 Å². The van der Waals surface area contributed by atoms with Crippen LogP contribution < -0.4 is 5.32 Å². The number of carbonyl (C=O) groups is 1. The number of rotatable bonds is 3. The zero-order chi connectivity index (χ0) is 18.2. The summed E-state index contributed by atoms with van der Waals surface area (Å²) in [4.78, 5) is 25.6. The molecule has 1 N–H and O–H groups in total. The van der Waals surface area contributed by atoms with Crippen LogP contribution >= 0.6 is 0 Å². The Balaban J connectivity index is 1.82. The first-order valence-electron chi connectivity index (χ1n) is 8.39. The molecule has 6 nitrogen and oxygen atoms in total. The Morgan fingerprint density at radius 3 is 2.48 bits per heavy atom. The van der Waals surface area contributed by atoms with Gasteiger partial charge in [-0.1, -0.05) is 27.7 Å². The van der Waals surface area contributed by atoms with Crippen molar-refractivity contribution in [1.82, 2.24) is 19.5 Å². The van der Waals surface area contributed by atoms with Crippen LogP contribution in [0, 0.1) is 0 Å². The van der Waals surface area contributed by atoms with Crippen LogP contribution in [0.2, 0.25) is 0 Å². The van der Waals surface area contributed by atoms with Crippen LogP contribution in [0.15, 0.2) is 30.6 Å². The molecular weight excluding hydrogens is 314 g/mol. The van der Waals surface area contributed by atoms with Crippen LogP contribution in [0.1, 0.15) is 49.7 Å². The lowest BCUT2D eigenvalue weighted by atomic mass is 9.96. The summed E-state index contributed by atoms with van der Waals surface area (Å²) in [6, 6.07) is 5.73. The Bertz CT molecular complexity index is 919. The molecule has 0 radical (unpaired) electrons. The number of amides is 1. The van der Waals surface area contributed by atoms with Crippen molar-refractivity contribution < 1.29 is 4.79 Å². The Morgan fingerprint density at radius 1 is 1.20 bits per heavy atom. The largest absolute Gasteiger partial charge is 0.331 e. The van der Waals surface area contributed by atoms with Crippen molar-refractivity contribution in [3.63, 3.8) is 0 Å². The van der Waals surface area contributed by atoms with Gasteiger partial charge in [-0.15, -0.1) is 0 Å². The molecule has 0 saturated carbocycles. The molecule has 130 valence electrons. The maximum Gasteiger partial charge on any atom is 0.258 e. The molecule has 6 heteroatoms. The Kier molecular flexibility index (Phi) is 4.29. The molecular formula is C19H23N5O. The molecule has 0 bridgehead atoms. The Hall–Kier alpha value is -2.76. The summed E-state index contributed by atoms with van der Waals surface area (Å²) in [5.74, 6) is 1.50. The second-order valence-electron chi connectivity index (χ2n) is 7.14. The SMILES string of the molecule is CCc1nc2cc(NC(=O)c3cnc(C(C)(C)C)nc3)ccc2n1C. The molecule has 0 atom stereocenters. The molecule has 2 heterocycles. The van der Waals surface area contributed by atoms with E-state index in [4.69, 9.17) is 0 Å². The molecule has 0 aliphatic rings. The summed E-state index contributed by atoms with van der Waals surface area (Å²) < 4.78 is 2.07. The van der Waals surface area contributed by atoms with Gasteiger partial charge in [-0.3, -0.25) is 4.79 Å². The molecule has 0 saturated heterocycles. The van der Waals surface area contributed by atoms with Crippen molar-refractivity contribution >= 4 is 22.6 Å². The highest BCUT2D eigenvalue weighted by Gasteiger charge is 2.18. The van der Waals surface area contributed by atoms with Gasteiger partial charge < -0.3 is 9.88 Å². The van der Waals surface area contributed by atoms with Crippen LogP contribution in [-0.2, 0) is 18.9 Å². The van der Waals surface area contributed by atoms with Gasteiger partial charge >= 0.3 is 0 Å². The van der Waals surface area contributed by atoms with E-state index in [1.165, 1.54) is 0 Å². The number of hydrogen-bond acceptors (Lipinski definition) is 4. The second-order valence-corrected chi connectivity index (χ2v) is 7.14. The minimum absolute atomic E-state index is 0.143. The third kappa shape index (κ3) is 3.38. The maximum absolute atomic E-state index is 12.4. The third-order valence-electron chi connectivity index (χ3n) is 4.13. The van der Waals surface area contributed by atoms with Gasteiger partial charge in [-0.05, 0) is 18.2 Å². The van der Waals surface area contributed by atoms with Crippen LogP contribution in [0.25, 0.3) is 11.0 Å². The number of carbonyl (C=O) groups excluding carboxylic acids is 1. The normalized spacial score (nSPS) is 11.7. The summed E-state index contributed by atoms with van der Waals surface area (Å²) in [7, 11) is 2.00. The quantitative estimate of drug-likeness (QED) is 0.794. The average molecular weight is 337 g/mol. The van der Waals surface area contributed by atoms with Crippen LogP contribution in [0.5, 0.6) is 0 Å². The topological polar surface area (TPSA) is 72.7 Å². The number of imidazole rings is 1. The minimum Gasteiger partial charge on any atom is -0.331 e. The summed E-state index contributed by atoms with van der Waals surface area (Å²) in [6.45, 7) is 8.18. The molecule has 0 unspecified atom stereocenters. The highest BCUT2D eigenvalue weighted by atomic mass is 16.1. The van der Waals surface area contributed by atoms with E-state index in [9.17, 15) is 4.79 Å². The van der Waals surface area contributed by atoms with Gasteiger partial charge in [0.1, 0.15) is 11.6 Å². The van der Waals surface area contributed by atoms with Crippen LogP contribution in [0.4, 0.5) is 5.69 Å². The smallest absolute Gasteiger partial charge is 0.258 e. The summed E-state index contributed by atoms with van der Waals surface area (Å²) in [6.07, 6.45) is 4.00. The Morgan fingerprint density at radius 2 is 1.88 bits per heavy atom. The predicted molar refractivity (Wildman–Crippen MR) is 98.8 cm³/mol. The van der Waals surface area contributed by atoms with Crippen molar-refractivity contribution in [2.75, 3.05) is 5.32 Å². The third-order valence-corrected chi connectivity index (χ3v) is 4.13. The van der Waals surface area contributed by atoms with E-state index < -0.39 is 0 Å². The van der Waals surface area contributed by atoms with Gasteiger partial charge in [-0.2, -0.15) is 0 Å². The van der Waals surface area contributed by atoms with Crippen molar-refractivity contribution in [3.8, 4) is 0 Å². The van der Waals surface area contributed by atoms with Gasteiger partial charge in [0.05, 0.1) is 16.6 Å². The zero-order valence-corrected chi connectivity index (χ0v) is 15.3. The zero-order valence-electron chi connectivity index (χ0n) is 15.3. The number of nitrogens with one attached hydrogen (secondary N) is 1.